The van der Waals surface area contributed by atoms with E-state index in [1.165, 1.54) is 10.4 Å². The Labute approximate surface area is 198 Å². The van der Waals surface area contributed by atoms with E-state index in [0.717, 1.165) is 24.1 Å². The molecule has 7 nitrogen and oxygen atoms in total. The largest absolute Gasteiger partial charge is 0.322 e. The highest BCUT2D eigenvalue weighted by Crippen LogP contribution is 2.26. The van der Waals surface area contributed by atoms with E-state index in [1.54, 1.807) is 29.1 Å². The quantitative estimate of drug-likeness (QED) is 0.445. The van der Waals surface area contributed by atoms with Crippen LogP contribution in [0.2, 0.25) is 0 Å². The van der Waals surface area contributed by atoms with Crippen LogP contribution in [0.4, 0.5) is 5.69 Å². The minimum absolute atomic E-state index is 0.176. The van der Waals surface area contributed by atoms with Crippen LogP contribution in [-0.2, 0) is 10.0 Å². The van der Waals surface area contributed by atoms with E-state index in [-0.39, 0.29) is 10.8 Å². The molecule has 1 aliphatic rings. The van der Waals surface area contributed by atoms with Gasteiger partial charge >= 0.3 is 0 Å². The summed E-state index contributed by atoms with van der Waals surface area (Å²) < 4.78 is 29.0. The van der Waals surface area contributed by atoms with Crippen LogP contribution in [0.5, 0.6) is 0 Å². The fourth-order valence-electron chi connectivity index (χ4n) is 4.07. The Hall–Kier alpha value is -3.75. The van der Waals surface area contributed by atoms with Crippen molar-refractivity contribution in [1.29, 1.82) is 0 Å². The van der Waals surface area contributed by atoms with Crippen molar-refractivity contribution in [3.8, 4) is 16.9 Å². The van der Waals surface area contributed by atoms with Gasteiger partial charge in [0.1, 0.15) is 5.69 Å². The van der Waals surface area contributed by atoms with Crippen molar-refractivity contribution in [2.45, 2.75) is 17.7 Å². The van der Waals surface area contributed by atoms with Gasteiger partial charge in [0.15, 0.2) is 0 Å². The van der Waals surface area contributed by atoms with E-state index in [4.69, 9.17) is 0 Å². The number of para-hydroxylation sites is 1. The molecule has 1 N–H and O–H groups in total. The summed E-state index contributed by atoms with van der Waals surface area (Å²) in [5.74, 6) is -0.364. The van der Waals surface area contributed by atoms with Gasteiger partial charge in [0.05, 0.1) is 16.1 Å². The van der Waals surface area contributed by atoms with Crippen molar-refractivity contribution >= 4 is 21.6 Å². The Morgan fingerprint density at radius 1 is 0.853 bits per heavy atom. The van der Waals surface area contributed by atoms with Crippen LogP contribution in [0, 0.1) is 0 Å². The summed E-state index contributed by atoms with van der Waals surface area (Å²) in [6.07, 6.45) is 3.42. The van der Waals surface area contributed by atoms with Crippen molar-refractivity contribution in [3.63, 3.8) is 0 Å². The number of hydrogen-bond acceptors (Lipinski definition) is 4. The molecule has 0 bridgehead atoms. The summed E-state index contributed by atoms with van der Waals surface area (Å²) in [6.45, 7) is 1.05. The molecule has 1 fully saturated rings. The molecule has 0 radical (unpaired) electrons. The van der Waals surface area contributed by atoms with Gasteiger partial charge in [-0.3, -0.25) is 4.79 Å². The fraction of sp³-hybridized carbons (Fsp3) is 0.154. The van der Waals surface area contributed by atoms with Crippen LogP contribution in [-0.4, -0.2) is 41.5 Å². The lowest BCUT2D eigenvalue weighted by Gasteiger charge is -2.16. The summed E-state index contributed by atoms with van der Waals surface area (Å²) >= 11 is 0. The summed E-state index contributed by atoms with van der Waals surface area (Å²) in [4.78, 5) is 13.5. The molecule has 0 unspecified atom stereocenters. The molecule has 2 heterocycles. The van der Waals surface area contributed by atoms with Crippen LogP contribution in [0.1, 0.15) is 23.2 Å². The maximum atomic E-state index is 13.3. The zero-order valence-corrected chi connectivity index (χ0v) is 19.3. The molecule has 4 aromatic rings. The van der Waals surface area contributed by atoms with E-state index < -0.39 is 10.0 Å². The summed E-state index contributed by atoms with van der Waals surface area (Å²) in [6, 6.07) is 25.5. The molecule has 0 saturated carbocycles. The van der Waals surface area contributed by atoms with E-state index in [9.17, 15) is 13.2 Å². The highest BCUT2D eigenvalue weighted by molar-refractivity contribution is 7.89. The molecule has 172 valence electrons. The number of amides is 1. The van der Waals surface area contributed by atoms with Crippen molar-refractivity contribution in [2.75, 3.05) is 18.4 Å². The first-order chi connectivity index (χ1) is 16.5. The molecule has 1 aromatic heterocycles. The van der Waals surface area contributed by atoms with Crippen LogP contribution >= 0.6 is 0 Å². The van der Waals surface area contributed by atoms with Crippen LogP contribution < -0.4 is 5.32 Å². The molecular formula is C26H24N4O3S. The second kappa shape index (κ2) is 9.24. The molecule has 0 aliphatic carbocycles. The summed E-state index contributed by atoms with van der Waals surface area (Å²) in [7, 11) is -3.58. The average Bonchev–Trinajstić information content (AvgIpc) is 3.57. The third-order valence-electron chi connectivity index (χ3n) is 5.82. The van der Waals surface area contributed by atoms with Gasteiger partial charge in [0, 0.05) is 30.5 Å². The smallest absolute Gasteiger partial charge is 0.259 e. The molecule has 0 spiro atoms. The van der Waals surface area contributed by atoms with Gasteiger partial charge in [-0.25, -0.2) is 13.1 Å². The molecule has 8 heteroatoms. The predicted octanol–water partition coefficient (Wildman–Crippen LogP) is 4.58. The molecule has 5 rings (SSSR count). The van der Waals surface area contributed by atoms with Gasteiger partial charge in [0.2, 0.25) is 10.0 Å². The highest BCUT2D eigenvalue weighted by atomic mass is 32.2. The van der Waals surface area contributed by atoms with E-state index in [2.05, 4.69) is 10.4 Å². The van der Waals surface area contributed by atoms with Gasteiger partial charge in [-0.05, 0) is 43.2 Å². The predicted molar refractivity (Wildman–Crippen MR) is 131 cm³/mol. The SMILES string of the molecule is O=C(Nc1cccc(S(=O)(=O)N2CCCC2)c1)c1cn(-c2ccccc2)nc1-c1ccccc1. The highest BCUT2D eigenvalue weighted by Gasteiger charge is 2.27. The van der Waals surface area contributed by atoms with E-state index in [1.807, 2.05) is 60.7 Å². The Bertz CT molecular complexity index is 1410. The number of rotatable bonds is 6. The molecule has 1 saturated heterocycles. The monoisotopic (exact) mass is 472 g/mol. The lowest BCUT2D eigenvalue weighted by molar-refractivity contribution is 0.102. The maximum Gasteiger partial charge on any atom is 0.259 e. The van der Waals surface area contributed by atoms with E-state index >= 15 is 0 Å². The fourth-order valence-corrected chi connectivity index (χ4v) is 5.64. The zero-order valence-electron chi connectivity index (χ0n) is 18.5. The standard InChI is InChI=1S/C26H24N4O3S/c31-26(27-21-12-9-15-23(18-21)34(32,33)29-16-7-8-17-29)24-19-30(22-13-5-2-6-14-22)28-25(24)20-10-3-1-4-11-20/h1-6,9-15,18-19H,7-8,16-17H2,(H,27,31). The topological polar surface area (TPSA) is 84.3 Å². The Morgan fingerprint density at radius 2 is 1.53 bits per heavy atom. The number of carbonyl (C=O) groups excluding carboxylic acids is 1. The number of benzene rings is 3. The van der Waals surface area contributed by atoms with Crippen molar-refractivity contribution in [1.82, 2.24) is 14.1 Å². The average molecular weight is 473 g/mol. The second-order valence-electron chi connectivity index (χ2n) is 8.13. The number of anilines is 1. The molecule has 34 heavy (non-hydrogen) atoms. The van der Waals surface area contributed by atoms with Crippen LogP contribution in [0.25, 0.3) is 16.9 Å². The Kier molecular flexibility index (Phi) is 6.00. The molecule has 3 aromatic carbocycles. The lowest BCUT2D eigenvalue weighted by atomic mass is 10.1. The second-order valence-corrected chi connectivity index (χ2v) is 10.1. The number of hydrogen-bond donors (Lipinski definition) is 1. The van der Waals surface area contributed by atoms with Crippen LogP contribution in [0.3, 0.4) is 0 Å². The third kappa shape index (κ3) is 4.37. The third-order valence-corrected chi connectivity index (χ3v) is 7.72. The number of carbonyl (C=O) groups is 1. The number of nitrogens with one attached hydrogen (secondary N) is 1. The molecule has 0 atom stereocenters. The first-order valence-corrected chi connectivity index (χ1v) is 12.6. The van der Waals surface area contributed by atoms with Crippen molar-refractivity contribution in [2.24, 2.45) is 0 Å². The van der Waals surface area contributed by atoms with E-state index in [0.29, 0.717) is 30.0 Å². The summed E-state index contributed by atoms with van der Waals surface area (Å²) in [5, 5.41) is 7.54. The van der Waals surface area contributed by atoms with Gasteiger partial charge in [-0.1, -0.05) is 54.6 Å². The molecule has 1 amide bonds. The first-order valence-electron chi connectivity index (χ1n) is 11.1. The zero-order chi connectivity index (χ0) is 23.5. The lowest BCUT2D eigenvalue weighted by Crippen LogP contribution is -2.27. The number of sulfonamides is 1. The minimum atomic E-state index is -3.58. The van der Waals surface area contributed by atoms with Gasteiger partial charge in [0.25, 0.3) is 5.91 Å². The van der Waals surface area contributed by atoms with Gasteiger partial charge < -0.3 is 5.32 Å². The van der Waals surface area contributed by atoms with Gasteiger partial charge in [-0.2, -0.15) is 9.40 Å². The Morgan fingerprint density at radius 3 is 2.24 bits per heavy atom. The van der Waals surface area contributed by atoms with Gasteiger partial charge in [-0.15, -0.1) is 0 Å². The number of aromatic nitrogens is 2. The van der Waals surface area contributed by atoms with Crippen molar-refractivity contribution < 1.29 is 13.2 Å². The first kappa shape index (κ1) is 22.1. The molecular weight excluding hydrogens is 448 g/mol. The maximum absolute atomic E-state index is 13.3. The summed E-state index contributed by atoms with van der Waals surface area (Å²) in [5.41, 5.74) is 2.99. The number of nitrogens with zero attached hydrogens (tertiary/aromatic N) is 3. The molecule has 1 aliphatic heterocycles. The minimum Gasteiger partial charge on any atom is -0.322 e. The van der Waals surface area contributed by atoms with Crippen molar-refractivity contribution in [3.05, 3.63) is 96.7 Å². The Balaban J connectivity index is 1.48. The van der Waals surface area contributed by atoms with Crippen LogP contribution in [0.15, 0.2) is 96.0 Å². The normalized spacial score (nSPS) is 14.2.